The molecule has 0 bridgehead atoms. The van der Waals surface area contributed by atoms with Gasteiger partial charge in [0.15, 0.2) is 0 Å². The SMILES string of the molecule is CC(C)C(C(=O)O)N(C)C(N)=NP(=O)(OCCCOC(=O)OCCCc1ccccc1)OCCCOC(=O)OCCCc1ccccc1. The van der Waals surface area contributed by atoms with Gasteiger partial charge in [-0.25, -0.2) is 18.9 Å². The third kappa shape index (κ3) is 16.6. The van der Waals surface area contributed by atoms with Gasteiger partial charge in [0, 0.05) is 19.9 Å². The van der Waals surface area contributed by atoms with Crippen LogP contribution in [0.1, 0.15) is 50.7 Å². The number of ether oxygens (including phenoxy) is 4. The molecule has 0 aliphatic carbocycles. The van der Waals surface area contributed by atoms with Crippen molar-refractivity contribution in [1.82, 2.24) is 4.90 Å². The second kappa shape index (κ2) is 22.4. The zero-order valence-electron chi connectivity index (χ0n) is 27.9. The summed E-state index contributed by atoms with van der Waals surface area (Å²) >= 11 is 0. The third-order valence-corrected chi connectivity index (χ3v) is 8.23. The van der Waals surface area contributed by atoms with E-state index in [2.05, 4.69) is 4.76 Å². The van der Waals surface area contributed by atoms with E-state index >= 15 is 0 Å². The average Bonchev–Trinajstić information content (AvgIpc) is 3.05. The first-order valence-corrected chi connectivity index (χ1v) is 17.4. The number of carboxylic acids is 1. The molecule has 0 heterocycles. The quantitative estimate of drug-likeness (QED) is 0.0493. The summed E-state index contributed by atoms with van der Waals surface area (Å²) in [5.41, 5.74) is 8.29. The Hall–Kier alpha value is -4.13. The smallest absolute Gasteiger partial charge is 0.480 e. The standard InChI is InChI=1S/C33H48N3O11P/c1-26(2)29(30(37)38)36(3)31(34)35-48(41,46-24-12-22-44-32(39)42-20-10-18-27-14-6-4-7-15-27)47-25-13-23-45-33(40)43-21-11-19-28-16-8-5-9-17-28/h4-9,14-17,26,29H,10-13,18-25H2,1-3H3,(H,37,38)(H2,34,35,41). The lowest BCUT2D eigenvalue weighted by atomic mass is 10.0. The highest BCUT2D eigenvalue weighted by Crippen LogP contribution is 2.50. The molecule has 0 radical (unpaired) electrons. The summed E-state index contributed by atoms with van der Waals surface area (Å²) in [5, 5.41) is 9.61. The van der Waals surface area contributed by atoms with Crippen LogP contribution in [-0.2, 0) is 50.2 Å². The van der Waals surface area contributed by atoms with Crippen LogP contribution in [0.2, 0.25) is 0 Å². The van der Waals surface area contributed by atoms with Gasteiger partial charge in [-0.2, -0.15) is 0 Å². The van der Waals surface area contributed by atoms with E-state index in [0.29, 0.717) is 12.8 Å². The van der Waals surface area contributed by atoms with Crippen LogP contribution in [0, 0.1) is 5.92 Å². The zero-order chi connectivity index (χ0) is 35.2. The van der Waals surface area contributed by atoms with Crippen molar-refractivity contribution in [1.29, 1.82) is 0 Å². The predicted molar refractivity (Wildman–Crippen MR) is 179 cm³/mol. The van der Waals surface area contributed by atoms with Gasteiger partial charge in [0.25, 0.3) is 0 Å². The molecule has 266 valence electrons. The highest BCUT2D eigenvalue weighted by atomic mass is 31.2. The first-order valence-electron chi connectivity index (χ1n) is 15.9. The van der Waals surface area contributed by atoms with E-state index in [9.17, 15) is 24.1 Å². The maximum atomic E-state index is 13.5. The number of benzene rings is 2. The minimum atomic E-state index is -4.27. The Labute approximate surface area is 282 Å². The Balaban J connectivity index is 1.79. The fourth-order valence-corrected chi connectivity index (χ4v) is 5.66. The summed E-state index contributed by atoms with van der Waals surface area (Å²) < 4.78 is 48.5. The van der Waals surface area contributed by atoms with Crippen molar-refractivity contribution in [3.05, 3.63) is 71.8 Å². The Morgan fingerprint density at radius 2 is 1.12 bits per heavy atom. The molecule has 15 heteroatoms. The van der Waals surface area contributed by atoms with Gasteiger partial charge >= 0.3 is 26.0 Å². The molecular weight excluding hydrogens is 645 g/mol. The van der Waals surface area contributed by atoms with Crippen molar-refractivity contribution in [2.45, 2.75) is 58.4 Å². The summed E-state index contributed by atoms with van der Waals surface area (Å²) in [6.45, 7) is 3.19. The minimum absolute atomic E-state index is 0.0909. The molecular formula is C33H48N3O11P. The van der Waals surface area contributed by atoms with Crippen molar-refractivity contribution in [3.63, 3.8) is 0 Å². The van der Waals surface area contributed by atoms with E-state index in [0.717, 1.165) is 24.0 Å². The molecule has 0 spiro atoms. The number of hydrogen-bond acceptors (Lipinski definition) is 10. The van der Waals surface area contributed by atoms with Crippen LogP contribution in [-0.4, -0.2) is 87.0 Å². The lowest BCUT2D eigenvalue weighted by molar-refractivity contribution is -0.142. The number of aliphatic carboxylic acids is 1. The molecule has 2 aromatic carbocycles. The molecule has 1 unspecified atom stereocenters. The van der Waals surface area contributed by atoms with Gasteiger partial charge in [0.2, 0.25) is 5.96 Å². The lowest BCUT2D eigenvalue weighted by Crippen LogP contribution is -2.48. The largest absolute Gasteiger partial charge is 0.508 e. The van der Waals surface area contributed by atoms with E-state index in [1.54, 1.807) is 13.8 Å². The second-order valence-electron chi connectivity index (χ2n) is 11.0. The van der Waals surface area contributed by atoms with Gasteiger partial charge in [0.05, 0.1) is 39.6 Å². The third-order valence-electron chi connectivity index (χ3n) is 6.76. The fourth-order valence-electron chi connectivity index (χ4n) is 4.36. The Morgan fingerprint density at radius 3 is 1.50 bits per heavy atom. The summed E-state index contributed by atoms with van der Waals surface area (Å²) in [7, 11) is -2.87. The molecule has 2 rings (SSSR count). The molecule has 3 N–H and O–H groups in total. The zero-order valence-corrected chi connectivity index (χ0v) is 28.8. The second-order valence-corrected chi connectivity index (χ2v) is 12.7. The molecule has 0 saturated heterocycles. The highest BCUT2D eigenvalue weighted by molar-refractivity contribution is 7.52. The van der Waals surface area contributed by atoms with Crippen LogP contribution in [0.4, 0.5) is 9.59 Å². The van der Waals surface area contributed by atoms with E-state index in [4.69, 9.17) is 33.7 Å². The van der Waals surface area contributed by atoms with Crippen LogP contribution in [0.25, 0.3) is 0 Å². The molecule has 0 aliphatic rings. The maximum Gasteiger partial charge on any atom is 0.508 e. The average molecular weight is 694 g/mol. The monoisotopic (exact) mass is 693 g/mol. The number of carbonyl (C=O) groups excluding carboxylic acids is 2. The number of nitrogens with two attached hydrogens (primary N) is 1. The maximum absolute atomic E-state index is 13.5. The molecule has 14 nitrogen and oxygen atoms in total. The van der Waals surface area contributed by atoms with Crippen molar-refractivity contribution in [2.24, 2.45) is 16.4 Å². The highest BCUT2D eigenvalue weighted by Gasteiger charge is 2.31. The van der Waals surface area contributed by atoms with Gasteiger partial charge in [0.1, 0.15) is 6.04 Å². The number of hydrogen-bond donors (Lipinski definition) is 2. The van der Waals surface area contributed by atoms with Gasteiger partial charge in [-0.15, -0.1) is 4.76 Å². The van der Waals surface area contributed by atoms with Crippen LogP contribution in [0.3, 0.4) is 0 Å². The van der Waals surface area contributed by atoms with E-state index in [1.807, 2.05) is 60.7 Å². The van der Waals surface area contributed by atoms with Crippen molar-refractivity contribution in [3.8, 4) is 0 Å². The van der Waals surface area contributed by atoms with Crippen LogP contribution >= 0.6 is 7.75 Å². The number of carboxylic acid groups (broad SMARTS) is 1. The van der Waals surface area contributed by atoms with Crippen molar-refractivity contribution >= 4 is 32.0 Å². The summed E-state index contributed by atoms with van der Waals surface area (Å²) in [6, 6.07) is 18.5. The van der Waals surface area contributed by atoms with E-state index < -0.39 is 32.1 Å². The normalized spacial score (nSPS) is 12.3. The number of rotatable bonds is 22. The number of carbonyl (C=O) groups is 3. The van der Waals surface area contributed by atoms with Crippen molar-refractivity contribution in [2.75, 3.05) is 46.7 Å². The molecule has 0 fully saturated rings. The Bertz CT molecular complexity index is 1240. The van der Waals surface area contributed by atoms with E-state index in [-0.39, 0.29) is 64.4 Å². The first kappa shape index (κ1) is 40.0. The van der Waals surface area contributed by atoms with Crippen LogP contribution in [0.5, 0.6) is 0 Å². The van der Waals surface area contributed by atoms with Gasteiger partial charge in [-0.1, -0.05) is 74.5 Å². The summed E-state index contributed by atoms with van der Waals surface area (Å²) in [6.07, 6.45) is 1.36. The molecule has 0 amide bonds. The number of aryl methyl sites for hydroxylation is 2. The minimum Gasteiger partial charge on any atom is -0.480 e. The van der Waals surface area contributed by atoms with Crippen molar-refractivity contribution < 1.29 is 52.1 Å². The van der Waals surface area contributed by atoms with Gasteiger partial charge in [-0.05, 0) is 42.7 Å². The molecule has 2 aromatic rings. The molecule has 0 aliphatic heterocycles. The topological polar surface area (TPSA) is 186 Å². The predicted octanol–water partition coefficient (Wildman–Crippen LogP) is 5.84. The van der Waals surface area contributed by atoms with E-state index in [1.165, 1.54) is 11.9 Å². The number of guanidine groups is 1. The van der Waals surface area contributed by atoms with Crippen LogP contribution < -0.4 is 5.73 Å². The fraction of sp³-hybridized carbons (Fsp3) is 0.515. The number of likely N-dealkylation sites (N-methyl/N-ethyl adjacent to an activating group) is 1. The van der Waals surface area contributed by atoms with Crippen LogP contribution in [0.15, 0.2) is 65.4 Å². The molecule has 48 heavy (non-hydrogen) atoms. The first-order chi connectivity index (χ1) is 23.0. The summed E-state index contributed by atoms with van der Waals surface area (Å²) in [4.78, 5) is 36.7. The Morgan fingerprint density at radius 1 is 0.729 bits per heavy atom. The number of nitrogens with zero attached hydrogens (tertiary/aromatic N) is 2. The molecule has 0 saturated carbocycles. The Kier molecular flexibility index (Phi) is 18.7. The molecule has 0 aromatic heterocycles. The van der Waals surface area contributed by atoms with Gasteiger partial charge < -0.3 is 34.7 Å². The molecule has 1 atom stereocenters. The van der Waals surface area contributed by atoms with Gasteiger partial charge in [-0.3, -0.25) is 9.05 Å². The lowest BCUT2D eigenvalue weighted by Gasteiger charge is -2.29. The summed E-state index contributed by atoms with van der Waals surface area (Å²) in [5.74, 6) is -1.87.